The number of aliphatic hydroxyl groups is 1. The zero-order chi connectivity index (χ0) is 19.7. The molecule has 0 saturated heterocycles. The predicted octanol–water partition coefficient (Wildman–Crippen LogP) is 0.678. The fourth-order valence-electron chi connectivity index (χ4n) is 2.27. The first-order valence-corrected chi connectivity index (χ1v) is 8.51. The molecular formula is C18H27N3O5. The van der Waals surface area contributed by atoms with Gasteiger partial charge < -0.3 is 26.2 Å². The Kier molecular flexibility index (Phi) is 8.57. The van der Waals surface area contributed by atoms with Crippen molar-refractivity contribution in [1.29, 1.82) is 0 Å². The molecule has 0 aliphatic heterocycles. The van der Waals surface area contributed by atoms with E-state index >= 15 is 0 Å². The third-order valence-electron chi connectivity index (χ3n) is 4.07. The van der Waals surface area contributed by atoms with Crippen LogP contribution in [0.25, 0.3) is 0 Å². The maximum Gasteiger partial charge on any atom is 0.408 e. The van der Waals surface area contributed by atoms with Gasteiger partial charge in [-0.2, -0.15) is 0 Å². The van der Waals surface area contributed by atoms with Crippen molar-refractivity contribution >= 4 is 17.9 Å². The van der Waals surface area contributed by atoms with Crippen molar-refractivity contribution in [2.75, 3.05) is 0 Å². The third kappa shape index (κ3) is 6.72. The van der Waals surface area contributed by atoms with Crippen LogP contribution >= 0.6 is 0 Å². The third-order valence-corrected chi connectivity index (χ3v) is 4.07. The fourth-order valence-corrected chi connectivity index (χ4v) is 2.27. The first kappa shape index (κ1) is 21.4. The van der Waals surface area contributed by atoms with Gasteiger partial charge in [-0.25, -0.2) is 4.79 Å². The minimum absolute atomic E-state index is 0.0254. The number of hydrogen-bond acceptors (Lipinski definition) is 5. The van der Waals surface area contributed by atoms with Crippen molar-refractivity contribution in [3.63, 3.8) is 0 Å². The van der Waals surface area contributed by atoms with Crippen LogP contribution in [0.1, 0.15) is 32.8 Å². The predicted molar refractivity (Wildman–Crippen MR) is 95.8 cm³/mol. The van der Waals surface area contributed by atoms with Gasteiger partial charge in [0, 0.05) is 0 Å². The number of nitrogens with two attached hydrogens (primary N) is 1. The zero-order valence-electron chi connectivity index (χ0n) is 15.3. The molecule has 0 spiro atoms. The Bertz CT molecular complexity index is 606. The Hall–Kier alpha value is -2.61. The number of amides is 3. The fraction of sp³-hybridized carbons (Fsp3) is 0.500. The van der Waals surface area contributed by atoms with Crippen molar-refractivity contribution in [2.24, 2.45) is 11.7 Å². The van der Waals surface area contributed by atoms with Crippen molar-refractivity contribution in [2.45, 2.75) is 52.0 Å². The van der Waals surface area contributed by atoms with Crippen molar-refractivity contribution in [3.8, 4) is 0 Å². The number of benzene rings is 1. The first-order chi connectivity index (χ1) is 12.3. The first-order valence-electron chi connectivity index (χ1n) is 8.51. The average molecular weight is 365 g/mol. The molecular weight excluding hydrogens is 338 g/mol. The molecule has 0 bridgehead atoms. The number of alkyl carbamates (subject to hydrolysis) is 1. The van der Waals surface area contributed by atoms with Crippen molar-refractivity contribution in [1.82, 2.24) is 10.6 Å². The zero-order valence-corrected chi connectivity index (χ0v) is 15.3. The summed E-state index contributed by atoms with van der Waals surface area (Å²) in [6.45, 7) is 5.01. The van der Waals surface area contributed by atoms with E-state index in [4.69, 9.17) is 10.5 Å². The van der Waals surface area contributed by atoms with Gasteiger partial charge in [0.2, 0.25) is 11.8 Å². The molecule has 144 valence electrons. The van der Waals surface area contributed by atoms with E-state index in [1.165, 1.54) is 6.92 Å². The Morgan fingerprint density at radius 2 is 1.73 bits per heavy atom. The van der Waals surface area contributed by atoms with Gasteiger partial charge in [0.1, 0.15) is 18.7 Å². The number of hydrogen-bond donors (Lipinski definition) is 4. The average Bonchev–Trinajstić information content (AvgIpc) is 2.61. The van der Waals surface area contributed by atoms with E-state index in [2.05, 4.69) is 10.6 Å². The maximum atomic E-state index is 12.4. The summed E-state index contributed by atoms with van der Waals surface area (Å²) in [6, 6.07) is 6.86. The molecule has 26 heavy (non-hydrogen) atoms. The highest BCUT2D eigenvalue weighted by atomic mass is 16.5. The van der Waals surface area contributed by atoms with E-state index in [9.17, 15) is 19.5 Å². The molecule has 8 heteroatoms. The van der Waals surface area contributed by atoms with Crippen molar-refractivity contribution in [3.05, 3.63) is 35.9 Å². The van der Waals surface area contributed by atoms with Gasteiger partial charge in [0.25, 0.3) is 0 Å². The summed E-state index contributed by atoms with van der Waals surface area (Å²) in [6.07, 6.45) is -1.42. The van der Waals surface area contributed by atoms with Crippen LogP contribution in [-0.4, -0.2) is 41.2 Å². The lowest BCUT2D eigenvalue weighted by Gasteiger charge is -2.26. The number of rotatable bonds is 9. The van der Waals surface area contributed by atoms with Gasteiger partial charge in [0.15, 0.2) is 0 Å². The molecule has 0 aliphatic carbocycles. The molecule has 1 rings (SSSR count). The molecule has 0 saturated carbocycles. The lowest BCUT2D eigenvalue weighted by atomic mass is 9.98. The number of carbonyl (C=O) groups excluding carboxylic acids is 3. The summed E-state index contributed by atoms with van der Waals surface area (Å²) in [5, 5.41) is 14.6. The van der Waals surface area contributed by atoms with Gasteiger partial charge in [-0.05, 0) is 18.4 Å². The number of carbonyl (C=O) groups is 3. The molecule has 1 aromatic rings. The molecule has 8 nitrogen and oxygen atoms in total. The Labute approximate surface area is 153 Å². The molecule has 4 atom stereocenters. The maximum absolute atomic E-state index is 12.4. The minimum atomic E-state index is -1.27. The summed E-state index contributed by atoms with van der Waals surface area (Å²) in [7, 11) is 0. The van der Waals surface area contributed by atoms with Crippen LogP contribution in [0, 0.1) is 5.92 Å². The Morgan fingerprint density at radius 3 is 2.23 bits per heavy atom. The highest BCUT2D eigenvalue weighted by molar-refractivity contribution is 5.91. The highest BCUT2D eigenvalue weighted by Gasteiger charge is 2.31. The van der Waals surface area contributed by atoms with Crippen LogP contribution < -0.4 is 16.4 Å². The summed E-state index contributed by atoms with van der Waals surface area (Å²) in [5.74, 6) is -1.57. The molecule has 0 radical (unpaired) electrons. The smallest absolute Gasteiger partial charge is 0.408 e. The van der Waals surface area contributed by atoms with Crippen LogP contribution in [0.15, 0.2) is 30.3 Å². The second-order valence-electron chi connectivity index (χ2n) is 6.20. The summed E-state index contributed by atoms with van der Waals surface area (Å²) >= 11 is 0. The number of nitrogens with one attached hydrogen (secondary N) is 2. The molecule has 0 aromatic heterocycles. The topological polar surface area (TPSA) is 131 Å². The van der Waals surface area contributed by atoms with Crippen LogP contribution in [0.4, 0.5) is 4.79 Å². The van der Waals surface area contributed by atoms with E-state index in [0.717, 1.165) is 5.56 Å². The second-order valence-corrected chi connectivity index (χ2v) is 6.20. The van der Waals surface area contributed by atoms with E-state index in [1.54, 1.807) is 19.1 Å². The number of primary amides is 1. The number of aliphatic hydroxyl groups excluding tert-OH is 1. The SMILES string of the molecule is CC[C@H](C)[C@H](NC(=O)[C@@H](NC(=O)OCc1ccccc1)[C@@H](C)O)C(N)=O. The van der Waals surface area contributed by atoms with Crippen LogP contribution in [0.3, 0.4) is 0 Å². The normalized spacial score (nSPS) is 15.2. The van der Waals surface area contributed by atoms with Crippen LogP contribution in [0.2, 0.25) is 0 Å². The van der Waals surface area contributed by atoms with Gasteiger partial charge in [-0.3, -0.25) is 9.59 Å². The lowest BCUT2D eigenvalue weighted by Crippen LogP contribution is -2.58. The molecule has 0 heterocycles. The van der Waals surface area contributed by atoms with Gasteiger partial charge in [0.05, 0.1) is 6.10 Å². The minimum Gasteiger partial charge on any atom is -0.445 e. The summed E-state index contributed by atoms with van der Waals surface area (Å²) in [4.78, 5) is 35.9. The molecule has 1 aromatic carbocycles. The second kappa shape index (κ2) is 10.4. The molecule has 5 N–H and O–H groups in total. The standard InChI is InChI=1S/C18H27N3O5/c1-4-11(2)14(16(19)23)20-17(24)15(12(3)22)21-18(25)26-10-13-8-6-5-7-9-13/h5-9,11-12,14-15,22H,4,10H2,1-3H3,(H2,19,23)(H,20,24)(H,21,25)/t11-,12+,14-,15-/m0/s1. The largest absolute Gasteiger partial charge is 0.445 e. The van der Waals surface area contributed by atoms with E-state index in [-0.39, 0.29) is 12.5 Å². The Morgan fingerprint density at radius 1 is 1.12 bits per heavy atom. The van der Waals surface area contributed by atoms with E-state index in [0.29, 0.717) is 6.42 Å². The molecule has 0 fully saturated rings. The van der Waals surface area contributed by atoms with Gasteiger partial charge in [-0.15, -0.1) is 0 Å². The van der Waals surface area contributed by atoms with Gasteiger partial charge >= 0.3 is 6.09 Å². The number of ether oxygens (including phenoxy) is 1. The highest BCUT2D eigenvalue weighted by Crippen LogP contribution is 2.08. The van der Waals surface area contributed by atoms with E-state index < -0.39 is 36.1 Å². The molecule has 3 amide bonds. The monoisotopic (exact) mass is 365 g/mol. The molecule has 0 aliphatic rings. The van der Waals surface area contributed by atoms with Crippen LogP contribution in [0.5, 0.6) is 0 Å². The van der Waals surface area contributed by atoms with Gasteiger partial charge in [-0.1, -0.05) is 50.6 Å². The summed E-state index contributed by atoms with van der Waals surface area (Å²) in [5.41, 5.74) is 6.11. The van der Waals surface area contributed by atoms with E-state index in [1.807, 2.05) is 25.1 Å². The molecule has 0 unspecified atom stereocenters. The lowest BCUT2D eigenvalue weighted by molar-refractivity contribution is -0.131. The quantitative estimate of drug-likeness (QED) is 0.511. The summed E-state index contributed by atoms with van der Waals surface area (Å²) < 4.78 is 5.05. The van der Waals surface area contributed by atoms with Crippen molar-refractivity contribution < 1.29 is 24.2 Å². The Balaban J connectivity index is 2.67. The van der Waals surface area contributed by atoms with Crippen LogP contribution in [-0.2, 0) is 20.9 Å².